The normalized spacial score (nSPS) is 15.8. The summed E-state index contributed by atoms with van der Waals surface area (Å²) >= 11 is 7.77. The fraction of sp³-hybridized carbons (Fsp3) is 0.421. The molecule has 0 radical (unpaired) electrons. The number of hydrogen-bond donors (Lipinski definition) is 1. The third kappa shape index (κ3) is 4.55. The van der Waals surface area contributed by atoms with E-state index in [1.54, 1.807) is 30.5 Å². The van der Waals surface area contributed by atoms with E-state index in [2.05, 4.69) is 21.7 Å². The maximum atomic E-state index is 13.9. The lowest BCUT2D eigenvalue weighted by Gasteiger charge is -2.28. The molecule has 1 unspecified atom stereocenters. The fourth-order valence-electron chi connectivity index (χ4n) is 3.26. The number of benzene rings is 1. The molecule has 1 saturated heterocycles. The van der Waals surface area contributed by atoms with Crippen LogP contribution in [0.3, 0.4) is 0 Å². The highest BCUT2D eigenvalue weighted by molar-refractivity contribution is 7.10. The lowest BCUT2D eigenvalue weighted by molar-refractivity contribution is 0.195. The molecule has 0 aliphatic carbocycles. The largest absolute Gasteiger partial charge is 0.336 e. The van der Waals surface area contributed by atoms with Gasteiger partial charge in [0.2, 0.25) is 0 Å². The van der Waals surface area contributed by atoms with Gasteiger partial charge in [0.15, 0.2) is 0 Å². The average molecular weight is 396 g/mol. The maximum Gasteiger partial charge on any atom is 0.317 e. The van der Waals surface area contributed by atoms with Gasteiger partial charge >= 0.3 is 6.03 Å². The minimum Gasteiger partial charge on any atom is -0.336 e. The topological polar surface area (TPSA) is 35.6 Å². The van der Waals surface area contributed by atoms with E-state index < -0.39 is 5.82 Å². The van der Waals surface area contributed by atoms with Crippen LogP contribution in [0.5, 0.6) is 0 Å². The van der Waals surface area contributed by atoms with E-state index in [1.165, 1.54) is 28.7 Å². The zero-order valence-corrected chi connectivity index (χ0v) is 16.3. The first-order valence-electron chi connectivity index (χ1n) is 8.75. The smallest absolute Gasteiger partial charge is 0.317 e. The number of urea groups is 1. The number of carbonyl (C=O) groups is 1. The van der Waals surface area contributed by atoms with E-state index in [9.17, 15) is 9.18 Å². The minimum absolute atomic E-state index is 0.130. The molecule has 1 N–H and O–H groups in total. The number of carbonyl (C=O) groups excluding carboxylic acids is 1. The number of nitrogens with one attached hydrogen (secondary N) is 1. The molecule has 1 fully saturated rings. The molecule has 0 saturated carbocycles. The summed E-state index contributed by atoms with van der Waals surface area (Å²) in [5.74, 6) is -0.398. The Hall–Kier alpha value is -1.63. The molecule has 2 heterocycles. The molecule has 1 aliphatic rings. The predicted octanol–water partition coefficient (Wildman–Crippen LogP) is 4.52. The molecule has 0 bridgehead atoms. The third-order valence-electron chi connectivity index (χ3n) is 4.70. The summed E-state index contributed by atoms with van der Waals surface area (Å²) in [4.78, 5) is 17.6. The SMILES string of the molecule is CN(Cc1c(F)cccc1Cl)C(=O)NCC(c1cccs1)N1CCCC1. The lowest BCUT2D eigenvalue weighted by atomic mass is 10.2. The molecule has 3 rings (SSSR count). The molecular weight excluding hydrogens is 373 g/mol. The van der Waals surface area contributed by atoms with Crippen LogP contribution in [0.25, 0.3) is 0 Å². The predicted molar refractivity (Wildman–Crippen MR) is 104 cm³/mol. The van der Waals surface area contributed by atoms with Crippen molar-refractivity contribution in [3.63, 3.8) is 0 Å². The van der Waals surface area contributed by atoms with E-state index >= 15 is 0 Å². The molecule has 2 aromatic rings. The van der Waals surface area contributed by atoms with Crippen molar-refractivity contribution >= 4 is 29.0 Å². The van der Waals surface area contributed by atoms with Gasteiger partial charge in [-0.05, 0) is 49.5 Å². The molecule has 1 aromatic carbocycles. The zero-order chi connectivity index (χ0) is 18.5. The Labute approximate surface area is 162 Å². The van der Waals surface area contributed by atoms with E-state index in [0.717, 1.165) is 13.1 Å². The van der Waals surface area contributed by atoms with Gasteiger partial charge in [0.05, 0.1) is 12.6 Å². The average Bonchev–Trinajstić information content (AvgIpc) is 3.32. The molecule has 26 heavy (non-hydrogen) atoms. The summed E-state index contributed by atoms with van der Waals surface area (Å²) < 4.78 is 13.9. The minimum atomic E-state index is -0.398. The van der Waals surface area contributed by atoms with Crippen LogP contribution < -0.4 is 5.32 Å². The van der Waals surface area contributed by atoms with Crippen molar-refractivity contribution in [1.29, 1.82) is 0 Å². The van der Waals surface area contributed by atoms with Crippen molar-refractivity contribution in [2.24, 2.45) is 0 Å². The van der Waals surface area contributed by atoms with Crippen LogP contribution >= 0.6 is 22.9 Å². The van der Waals surface area contributed by atoms with Gasteiger partial charge < -0.3 is 10.2 Å². The molecule has 0 spiro atoms. The zero-order valence-electron chi connectivity index (χ0n) is 14.8. The van der Waals surface area contributed by atoms with Crippen molar-refractivity contribution in [2.45, 2.75) is 25.4 Å². The first-order chi connectivity index (χ1) is 12.6. The Bertz CT molecular complexity index is 714. The number of amides is 2. The van der Waals surface area contributed by atoms with Crippen LogP contribution in [-0.2, 0) is 6.54 Å². The standard InChI is InChI=1S/C19H23ClFN3OS/c1-23(13-14-15(20)6-4-7-16(14)21)19(25)22-12-17(18-8-5-11-26-18)24-9-2-3-10-24/h4-8,11,17H,2-3,9-10,12-13H2,1H3,(H,22,25). The van der Waals surface area contributed by atoms with Gasteiger partial charge in [0.25, 0.3) is 0 Å². The number of rotatable bonds is 6. The Morgan fingerprint density at radius 1 is 1.35 bits per heavy atom. The van der Waals surface area contributed by atoms with Crippen LogP contribution in [0.4, 0.5) is 9.18 Å². The number of hydrogen-bond acceptors (Lipinski definition) is 3. The van der Waals surface area contributed by atoms with Crippen molar-refractivity contribution in [2.75, 3.05) is 26.7 Å². The summed E-state index contributed by atoms with van der Waals surface area (Å²) in [6.45, 7) is 2.78. The Morgan fingerprint density at radius 3 is 2.77 bits per heavy atom. The maximum absolute atomic E-state index is 13.9. The summed E-state index contributed by atoms with van der Waals surface area (Å²) in [6, 6.07) is 8.65. The van der Waals surface area contributed by atoms with E-state index in [-0.39, 0.29) is 18.6 Å². The van der Waals surface area contributed by atoms with Gasteiger partial charge in [0.1, 0.15) is 5.82 Å². The van der Waals surface area contributed by atoms with Crippen LogP contribution in [0.1, 0.15) is 29.3 Å². The second-order valence-electron chi connectivity index (χ2n) is 6.52. The summed E-state index contributed by atoms with van der Waals surface area (Å²) in [5.41, 5.74) is 0.334. The second-order valence-corrected chi connectivity index (χ2v) is 7.90. The van der Waals surface area contributed by atoms with Crippen molar-refractivity contribution < 1.29 is 9.18 Å². The van der Waals surface area contributed by atoms with Crippen molar-refractivity contribution in [3.8, 4) is 0 Å². The van der Waals surface area contributed by atoms with Gasteiger partial charge in [-0.25, -0.2) is 9.18 Å². The summed E-state index contributed by atoms with van der Waals surface area (Å²) in [7, 11) is 1.65. The number of likely N-dealkylation sites (tertiary alicyclic amines) is 1. The second kappa shape index (κ2) is 8.84. The van der Waals surface area contributed by atoms with E-state index in [4.69, 9.17) is 11.6 Å². The molecule has 140 valence electrons. The molecule has 1 atom stereocenters. The quantitative estimate of drug-likeness (QED) is 0.780. The first kappa shape index (κ1) is 19.1. The van der Waals surface area contributed by atoms with Gasteiger partial charge in [-0.1, -0.05) is 23.7 Å². The molecule has 4 nitrogen and oxygen atoms in total. The highest BCUT2D eigenvalue weighted by atomic mass is 35.5. The van der Waals surface area contributed by atoms with Gasteiger partial charge in [-0.3, -0.25) is 4.90 Å². The summed E-state index contributed by atoms with van der Waals surface area (Å²) in [5, 5.41) is 5.39. The Kier molecular flexibility index (Phi) is 6.51. The van der Waals surface area contributed by atoms with Crippen molar-refractivity contribution in [1.82, 2.24) is 15.1 Å². The molecule has 2 amide bonds. The number of nitrogens with zero attached hydrogens (tertiary/aromatic N) is 2. The van der Waals surface area contributed by atoms with Gasteiger partial charge in [0, 0.05) is 29.1 Å². The van der Waals surface area contributed by atoms with Crippen LogP contribution in [0.2, 0.25) is 5.02 Å². The number of halogens is 2. The van der Waals surface area contributed by atoms with E-state index in [0.29, 0.717) is 17.1 Å². The molecule has 7 heteroatoms. The summed E-state index contributed by atoms with van der Waals surface area (Å²) in [6.07, 6.45) is 2.39. The molecule has 1 aliphatic heterocycles. The fourth-order valence-corrected chi connectivity index (χ4v) is 4.34. The molecule has 1 aromatic heterocycles. The number of thiophene rings is 1. The first-order valence-corrected chi connectivity index (χ1v) is 10.0. The highest BCUT2D eigenvalue weighted by Gasteiger charge is 2.25. The Balaban J connectivity index is 1.61. The monoisotopic (exact) mass is 395 g/mol. The van der Waals surface area contributed by atoms with Crippen LogP contribution in [0, 0.1) is 5.82 Å². The van der Waals surface area contributed by atoms with Gasteiger partial charge in [-0.15, -0.1) is 11.3 Å². The van der Waals surface area contributed by atoms with E-state index in [1.807, 2.05) is 6.07 Å². The third-order valence-corrected chi connectivity index (χ3v) is 6.03. The molecular formula is C19H23ClFN3OS. The van der Waals surface area contributed by atoms with Crippen LogP contribution in [0.15, 0.2) is 35.7 Å². The lowest BCUT2D eigenvalue weighted by Crippen LogP contribution is -2.42. The van der Waals surface area contributed by atoms with Gasteiger partial charge in [-0.2, -0.15) is 0 Å². The van der Waals surface area contributed by atoms with Crippen molar-refractivity contribution in [3.05, 3.63) is 57.0 Å². The van der Waals surface area contributed by atoms with Crippen LogP contribution in [-0.4, -0.2) is 42.5 Å². The highest BCUT2D eigenvalue weighted by Crippen LogP contribution is 2.28. The Morgan fingerprint density at radius 2 is 2.12 bits per heavy atom.